The molecule has 0 aliphatic carbocycles. The Balaban J connectivity index is 1.65. The summed E-state index contributed by atoms with van der Waals surface area (Å²) in [5.41, 5.74) is 0.360. The van der Waals surface area contributed by atoms with E-state index in [9.17, 15) is 14.4 Å². The van der Waals surface area contributed by atoms with E-state index in [4.69, 9.17) is 9.15 Å². The van der Waals surface area contributed by atoms with Crippen molar-refractivity contribution >= 4 is 28.5 Å². The van der Waals surface area contributed by atoms with Gasteiger partial charge in [-0.25, -0.2) is 4.79 Å². The summed E-state index contributed by atoms with van der Waals surface area (Å²) in [4.78, 5) is 39.1. The maximum atomic E-state index is 12.6. The number of para-hydroxylation sites is 1. The Hall–Kier alpha value is -3.61. The molecule has 1 N–H and O–H groups in total. The maximum Gasteiger partial charge on any atom is 0.349 e. The Kier molecular flexibility index (Phi) is 4.57. The third-order valence-corrected chi connectivity index (χ3v) is 4.64. The van der Waals surface area contributed by atoms with Crippen molar-refractivity contribution in [2.45, 2.75) is 6.92 Å². The summed E-state index contributed by atoms with van der Waals surface area (Å²) >= 11 is 0. The van der Waals surface area contributed by atoms with E-state index in [0.29, 0.717) is 47.7 Å². The minimum atomic E-state index is -0.720. The maximum absolute atomic E-state index is 12.6. The van der Waals surface area contributed by atoms with E-state index < -0.39 is 11.5 Å². The summed E-state index contributed by atoms with van der Waals surface area (Å²) in [6.45, 7) is 3.38. The summed E-state index contributed by atoms with van der Waals surface area (Å²) in [6.07, 6.45) is 0. The number of amides is 2. The Labute approximate surface area is 160 Å². The molecule has 142 valence electrons. The smallest absolute Gasteiger partial charge is 0.349 e. The summed E-state index contributed by atoms with van der Waals surface area (Å²) in [5.74, 6) is -0.283. The van der Waals surface area contributed by atoms with Crippen molar-refractivity contribution in [1.82, 2.24) is 4.90 Å². The molecule has 0 saturated carbocycles. The number of hydrogen-bond acceptors (Lipinski definition) is 5. The van der Waals surface area contributed by atoms with Gasteiger partial charge in [0.25, 0.3) is 11.8 Å². The number of ether oxygens (including phenoxy) is 1. The summed E-state index contributed by atoms with van der Waals surface area (Å²) in [7, 11) is 0. The molecule has 0 bridgehead atoms. The molecular weight excluding hydrogens is 360 g/mol. The van der Waals surface area contributed by atoms with Gasteiger partial charge in [0.05, 0.1) is 12.1 Å². The predicted octanol–water partition coefficient (Wildman–Crippen LogP) is 2.90. The zero-order valence-corrected chi connectivity index (χ0v) is 15.2. The molecule has 28 heavy (non-hydrogen) atoms. The number of rotatable bonds is 3. The van der Waals surface area contributed by atoms with Crippen LogP contribution in [-0.2, 0) is 0 Å². The normalized spacial score (nSPS) is 13.6. The highest BCUT2D eigenvalue weighted by atomic mass is 16.5. The number of anilines is 1. The fourth-order valence-electron chi connectivity index (χ4n) is 3.16. The van der Waals surface area contributed by atoms with Gasteiger partial charge in [-0.2, -0.15) is 0 Å². The van der Waals surface area contributed by atoms with Crippen LogP contribution in [0.4, 0.5) is 5.69 Å². The monoisotopic (exact) mass is 378 g/mol. The Morgan fingerprint density at radius 1 is 1.14 bits per heavy atom. The van der Waals surface area contributed by atoms with Crippen molar-refractivity contribution in [1.29, 1.82) is 0 Å². The van der Waals surface area contributed by atoms with E-state index in [-0.39, 0.29) is 11.5 Å². The zero-order chi connectivity index (χ0) is 19.7. The minimum absolute atomic E-state index is 0.105. The van der Waals surface area contributed by atoms with Gasteiger partial charge in [0, 0.05) is 17.6 Å². The first-order valence-corrected chi connectivity index (χ1v) is 8.97. The topological polar surface area (TPSA) is 88.8 Å². The molecule has 3 aromatic rings. The highest BCUT2D eigenvalue weighted by Gasteiger charge is 2.23. The first-order valence-electron chi connectivity index (χ1n) is 8.97. The van der Waals surface area contributed by atoms with Crippen LogP contribution in [0.1, 0.15) is 27.6 Å². The second-order valence-electron chi connectivity index (χ2n) is 6.38. The first-order chi connectivity index (χ1) is 13.6. The van der Waals surface area contributed by atoms with Gasteiger partial charge in [-0.1, -0.05) is 18.2 Å². The minimum Gasteiger partial charge on any atom is -0.491 e. The van der Waals surface area contributed by atoms with Crippen molar-refractivity contribution in [2.75, 3.05) is 25.0 Å². The molecule has 2 heterocycles. The first kappa shape index (κ1) is 17.8. The second-order valence-corrected chi connectivity index (χ2v) is 6.38. The second kappa shape index (κ2) is 7.19. The lowest BCUT2D eigenvalue weighted by Gasteiger charge is -2.17. The zero-order valence-electron chi connectivity index (χ0n) is 15.2. The van der Waals surface area contributed by atoms with Crippen LogP contribution in [0.15, 0.2) is 57.7 Å². The van der Waals surface area contributed by atoms with E-state index in [1.54, 1.807) is 47.4 Å². The molecule has 0 saturated heterocycles. The number of nitrogens with one attached hydrogen (secondary N) is 1. The van der Waals surface area contributed by atoms with E-state index >= 15 is 0 Å². The van der Waals surface area contributed by atoms with Gasteiger partial charge in [-0.3, -0.25) is 9.59 Å². The van der Waals surface area contributed by atoms with Gasteiger partial charge < -0.3 is 19.4 Å². The van der Waals surface area contributed by atoms with Crippen molar-refractivity contribution < 1.29 is 18.7 Å². The van der Waals surface area contributed by atoms with Crippen molar-refractivity contribution in [3.63, 3.8) is 0 Å². The van der Waals surface area contributed by atoms with Crippen molar-refractivity contribution in [2.24, 2.45) is 0 Å². The van der Waals surface area contributed by atoms with Crippen LogP contribution in [0.3, 0.4) is 0 Å². The Bertz CT molecular complexity index is 1140. The van der Waals surface area contributed by atoms with E-state index in [1.165, 1.54) is 6.07 Å². The number of carbonyl (C=O) groups excluding carboxylic acids is 2. The summed E-state index contributed by atoms with van der Waals surface area (Å²) in [6, 6.07) is 13.3. The Morgan fingerprint density at radius 3 is 2.79 bits per heavy atom. The molecule has 1 aromatic heterocycles. The van der Waals surface area contributed by atoms with Gasteiger partial charge in [0.1, 0.15) is 23.5 Å². The molecule has 0 fully saturated rings. The molecule has 7 nitrogen and oxygen atoms in total. The fraction of sp³-hybridized carbons (Fsp3) is 0.190. The van der Waals surface area contributed by atoms with Gasteiger partial charge in [-0.05, 0) is 37.3 Å². The Morgan fingerprint density at radius 2 is 1.96 bits per heavy atom. The molecule has 0 atom stereocenters. The average molecular weight is 378 g/mol. The van der Waals surface area contributed by atoms with Gasteiger partial charge in [-0.15, -0.1) is 0 Å². The largest absolute Gasteiger partial charge is 0.491 e. The summed E-state index contributed by atoms with van der Waals surface area (Å²) in [5, 5.41) is 3.31. The van der Waals surface area contributed by atoms with E-state index in [0.717, 1.165) is 0 Å². The van der Waals surface area contributed by atoms with Gasteiger partial charge in [0.15, 0.2) is 0 Å². The molecule has 1 aliphatic heterocycles. The van der Waals surface area contributed by atoms with Crippen LogP contribution in [0.25, 0.3) is 11.0 Å². The van der Waals surface area contributed by atoms with E-state index in [2.05, 4.69) is 5.32 Å². The summed E-state index contributed by atoms with van der Waals surface area (Å²) < 4.78 is 10.8. The number of benzene rings is 2. The van der Waals surface area contributed by atoms with Crippen LogP contribution in [0.2, 0.25) is 0 Å². The molecule has 0 spiro atoms. The number of hydrogen-bond donors (Lipinski definition) is 1. The molecule has 4 rings (SSSR count). The quantitative estimate of drug-likeness (QED) is 0.708. The third-order valence-electron chi connectivity index (χ3n) is 4.64. The molecule has 0 unspecified atom stereocenters. The number of likely N-dealkylation sites (N-methyl/N-ethyl adjacent to an activating group) is 1. The number of fused-ring (bicyclic) bond motifs is 2. The molecule has 7 heteroatoms. The van der Waals surface area contributed by atoms with Crippen molar-refractivity contribution in [3.05, 3.63) is 70.1 Å². The number of carbonyl (C=O) groups is 2. The molecule has 2 aromatic carbocycles. The SMILES string of the molecule is CCN1CCOc2ccc(NC(=O)c3cc4ccccc4oc3=O)cc2C1=O. The molecular formula is C21H18N2O5. The lowest BCUT2D eigenvalue weighted by molar-refractivity contribution is 0.0764. The lowest BCUT2D eigenvalue weighted by atomic mass is 10.1. The highest BCUT2D eigenvalue weighted by molar-refractivity contribution is 6.06. The lowest BCUT2D eigenvalue weighted by Crippen LogP contribution is -2.32. The average Bonchev–Trinajstić information content (AvgIpc) is 2.86. The van der Waals surface area contributed by atoms with Crippen LogP contribution in [0, 0.1) is 0 Å². The van der Waals surface area contributed by atoms with Crippen LogP contribution < -0.4 is 15.7 Å². The predicted molar refractivity (Wildman–Crippen MR) is 104 cm³/mol. The fourth-order valence-corrected chi connectivity index (χ4v) is 3.16. The highest BCUT2D eigenvalue weighted by Crippen LogP contribution is 2.26. The van der Waals surface area contributed by atoms with Crippen LogP contribution >= 0.6 is 0 Å². The van der Waals surface area contributed by atoms with E-state index in [1.807, 2.05) is 6.92 Å². The van der Waals surface area contributed by atoms with Crippen LogP contribution in [0.5, 0.6) is 5.75 Å². The number of nitrogens with zero attached hydrogens (tertiary/aromatic N) is 1. The molecule has 0 radical (unpaired) electrons. The molecule has 1 aliphatic rings. The standard InChI is InChI=1S/C21H18N2O5/c1-2-23-9-10-27-18-8-7-14(12-15(18)20(23)25)22-19(24)16-11-13-5-3-4-6-17(13)28-21(16)26/h3-8,11-12H,2,9-10H2,1H3,(H,22,24). The van der Waals surface area contributed by atoms with Gasteiger partial charge >= 0.3 is 5.63 Å². The molecule has 2 amide bonds. The third kappa shape index (κ3) is 3.22. The van der Waals surface area contributed by atoms with Crippen molar-refractivity contribution in [3.8, 4) is 5.75 Å². The van der Waals surface area contributed by atoms with Gasteiger partial charge in [0.2, 0.25) is 0 Å². The van der Waals surface area contributed by atoms with Crippen LogP contribution in [-0.4, -0.2) is 36.4 Å².